The lowest BCUT2D eigenvalue weighted by molar-refractivity contribution is 0.0942. The van der Waals surface area contributed by atoms with Gasteiger partial charge in [-0.2, -0.15) is 0 Å². The molecule has 2 atom stereocenters. The third-order valence-electron chi connectivity index (χ3n) is 4.07. The molecule has 0 aromatic heterocycles. The Balaban J connectivity index is 1.76. The van der Waals surface area contributed by atoms with Crippen LogP contribution in [0.25, 0.3) is 0 Å². The van der Waals surface area contributed by atoms with Gasteiger partial charge in [0.25, 0.3) is 0 Å². The van der Waals surface area contributed by atoms with Crippen molar-refractivity contribution in [3.63, 3.8) is 0 Å². The topological polar surface area (TPSA) is 50.8 Å². The van der Waals surface area contributed by atoms with Gasteiger partial charge in [-0.05, 0) is 31.5 Å². The number of methoxy groups -OCH3 is 1. The standard InChI is InChI=1S/C15H20N2O3/c1-19-13-7-3-2-6-12(13)17-10-14(20-15(17)18)11-5-4-8-16-9-11/h2-3,6-7,11,14,16H,4-5,8-10H2,1H3. The first-order chi connectivity index (χ1) is 9.79. The second-order valence-corrected chi connectivity index (χ2v) is 5.31. The Kier molecular flexibility index (Phi) is 3.78. The largest absolute Gasteiger partial charge is 0.495 e. The molecule has 2 fully saturated rings. The zero-order valence-corrected chi connectivity index (χ0v) is 11.7. The van der Waals surface area contributed by atoms with Crippen molar-refractivity contribution in [1.29, 1.82) is 0 Å². The van der Waals surface area contributed by atoms with E-state index in [1.807, 2.05) is 24.3 Å². The molecule has 1 aromatic rings. The Morgan fingerprint density at radius 3 is 3.00 bits per heavy atom. The molecule has 2 saturated heterocycles. The van der Waals surface area contributed by atoms with Crippen LogP contribution < -0.4 is 15.0 Å². The highest BCUT2D eigenvalue weighted by molar-refractivity contribution is 5.91. The van der Waals surface area contributed by atoms with Crippen LogP contribution in [0, 0.1) is 5.92 Å². The van der Waals surface area contributed by atoms with Crippen LogP contribution in [0.4, 0.5) is 10.5 Å². The molecule has 5 nitrogen and oxygen atoms in total. The van der Waals surface area contributed by atoms with Crippen molar-refractivity contribution in [1.82, 2.24) is 5.32 Å². The first-order valence-electron chi connectivity index (χ1n) is 7.11. The summed E-state index contributed by atoms with van der Waals surface area (Å²) in [5, 5.41) is 3.37. The maximum Gasteiger partial charge on any atom is 0.414 e. The van der Waals surface area contributed by atoms with E-state index in [2.05, 4.69) is 5.32 Å². The molecule has 0 saturated carbocycles. The van der Waals surface area contributed by atoms with E-state index in [-0.39, 0.29) is 12.2 Å². The number of amides is 1. The third kappa shape index (κ3) is 2.45. The minimum atomic E-state index is -0.273. The first-order valence-corrected chi connectivity index (χ1v) is 7.11. The second-order valence-electron chi connectivity index (χ2n) is 5.31. The molecule has 1 aromatic carbocycles. The van der Waals surface area contributed by atoms with Crippen molar-refractivity contribution in [3.8, 4) is 5.75 Å². The van der Waals surface area contributed by atoms with E-state index in [9.17, 15) is 4.79 Å². The van der Waals surface area contributed by atoms with Crippen LogP contribution in [0.2, 0.25) is 0 Å². The fourth-order valence-corrected chi connectivity index (χ4v) is 2.98. The quantitative estimate of drug-likeness (QED) is 0.917. The summed E-state index contributed by atoms with van der Waals surface area (Å²) in [7, 11) is 1.61. The molecule has 0 bridgehead atoms. The number of rotatable bonds is 3. The molecule has 0 aliphatic carbocycles. The zero-order valence-electron chi connectivity index (χ0n) is 11.7. The lowest BCUT2D eigenvalue weighted by Gasteiger charge is -2.26. The normalized spacial score (nSPS) is 26.4. The molecule has 2 heterocycles. The Labute approximate surface area is 118 Å². The number of hydrogen-bond acceptors (Lipinski definition) is 4. The summed E-state index contributed by atoms with van der Waals surface area (Å²) < 4.78 is 10.9. The third-order valence-corrected chi connectivity index (χ3v) is 4.07. The van der Waals surface area contributed by atoms with Crippen LogP contribution in [-0.4, -0.2) is 38.9 Å². The Bertz CT molecular complexity index is 486. The van der Waals surface area contributed by atoms with E-state index in [0.717, 1.165) is 31.6 Å². The summed E-state index contributed by atoms with van der Waals surface area (Å²) in [5.74, 6) is 1.11. The molecule has 1 N–H and O–H groups in total. The summed E-state index contributed by atoms with van der Waals surface area (Å²) in [6, 6.07) is 7.55. The van der Waals surface area contributed by atoms with Gasteiger partial charge in [0.2, 0.25) is 0 Å². The zero-order chi connectivity index (χ0) is 13.9. The summed E-state index contributed by atoms with van der Waals surface area (Å²) in [4.78, 5) is 13.8. The summed E-state index contributed by atoms with van der Waals surface area (Å²) in [6.45, 7) is 2.59. The number of anilines is 1. The number of cyclic esters (lactones) is 1. The van der Waals surface area contributed by atoms with Gasteiger partial charge in [0.1, 0.15) is 11.9 Å². The molecule has 2 aliphatic heterocycles. The first kappa shape index (κ1) is 13.2. The minimum absolute atomic E-state index is 0.0276. The molecular weight excluding hydrogens is 256 g/mol. The van der Waals surface area contributed by atoms with Gasteiger partial charge >= 0.3 is 6.09 Å². The van der Waals surface area contributed by atoms with E-state index < -0.39 is 0 Å². The van der Waals surface area contributed by atoms with Crippen LogP contribution >= 0.6 is 0 Å². The molecule has 5 heteroatoms. The van der Waals surface area contributed by atoms with Gasteiger partial charge < -0.3 is 14.8 Å². The Hall–Kier alpha value is -1.75. The fourth-order valence-electron chi connectivity index (χ4n) is 2.98. The van der Waals surface area contributed by atoms with Crippen LogP contribution in [0.15, 0.2) is 24.3 Å². The molecule has 2 unspecified atom stereocenters. The van der Waals surface area contributed by atoms with Crippen LogP contribution in [0.5, 0.6) is 5.75 Å². The molecular formula is C15H20N2O3. The predicted octanol–water partition coefficient (Wildman–Crippen LogP) is 2.02. The summed E-state index contributed by atoms with van der Waals surface area (Å²) >= 11 is 0. The molecule has 108 valence electrons. The van der Waals surface area contributed by atoms with E-state index in [0.29, 0.717) is 18.2 Å². The number of para-hydroxylation sites is 2. The summed E-state index contributed by atoms with van der Waals surface area (Å²) in [6.07, 6.45) is 1.96. The van der Waals surface area contributed by atoms with Crippen molar-refractivity contribution in [2.45, 2.75) is 18.9 Å². The van der Waals surface area contributed by atoms with Crippen LogP contribution in [-0.2, 0) is 4.74 Å². The molecule has 2 aliphatic rings. The molecule has 3 rings (SSSR count). The summed E-state index contributed by atoms with van der Waals surface area (Å²) in [5.41, 5.74) is 0.784. The number of ether oxygens (including phenoxy) is 2. The Morgan fingerprint density at radius 2 is 2.25 bits per heavy atom. The monoisotopic (exact) mass is 276 g/mol. The van der Waals surface area contributed by atoms with Gasteiger partial charge in [-0.15, -0.1) is 0 Å². The van der Waals surface area contributed by atoms with Crippen molar-refractivity contribution >= 4 is 11.8 Å². The van der Waals surface area contributed by atoms with Gasteiger partial charge in [-0.1, -0.05) is 12.1 Å². The molecule has 0 radical (unpaired) electrons. The highest BCUT2D eigenvalue weighted by Gasteiger charge is 2.38. The Morgan fingerprint density at radius 1 is 1.40 bits per heavy atom. The maximum atomic E-state index is 12.1. The van der Waals surface area contributed by atoms with E-state index in [4.69, 9.17) is 9.47 Å². The smallest absolute Gasteiger partial charge is 0.414 e. The number of hydrogen-bond donors (Lipinski definition) is 1. The van der Waals surface area contributed by atoms with Gasteiger partial charge in [0.15, 0.2) is 0 Å². The van der Waals surface area contributed by atoms with E-state index in [1.54, 1.807) is 12.0 Å². The van der Waals surface area contributed by atoms with E-state index in [1.165, 1.54) is 0 Å². The van der Waals surface area contributed by atoms with Crippen molar-refractivity contribution < 1.29 is 14.3 Å². The predicted molar refractivity (Wildman–Crippen MR) is 76.2 cm³/mol. The van der Waals surface area contributed by atoms with E-state index >= 15 is 0 Å². The second kappa shape index (κ2) is 5.71. The number of carbonyl (C=O) groups excluding carboxylic acids is 1. The number of piperidine rings is 1. The van der Waals surface area contributed by atoms with Crippen molar-refractivity contribution in [2.75, 3.05) is 31.6 Å². The van der Waals surface area contributed by atoms with Crippen molar-refractivity contribution in [3.05, 3.63) is 24.3 Å². The van der Waals surface area contributed by atoms with Crippen LogP contribution in [0.1, 0.15) is 12.8 Å². The van der Waals surface area contributed by atoms with Gasteiger partial charge in [-0.25, -0.2) is 4.79 Å². The highest BCUT2D eigenvalue weighted by Crippen LogP contribution is 2.33. The molecule has 20 heavy (non-hydrogen) atoms. The molecule has 1 amide bonds. The van der Waals surface area contributed by atoms with Gasteiger partial charge in [0.05, 0.1) is 19.3 Å². The lowest BCUT2D eigenvalue weighted by Crippen LogP contribution is -2.38. The van der Waals surface area contributed by atoms with Gasteiger partial charge in [-0.3, -0.25) is 4.90 Å². The lowest BCUT2D eigenvalue weighted by atomic mass is 9.94. The van der Waals surface area contributed by atoms with Crippen LogP contribution in [0.3, 0.4) is 0 Å². The fraction of sp³-hybridized carbons (Fsp3) is 0.533. The number of benzene rings is 1. The highest BCUT2D eigenvalue weighted by atomic mass is 16.6. The number of carbonyl (C=O) groups is 1. The average Bonchev–Trinajstić information content (AvgIpc) is 2.90. The van der Waals surface area contributed by atoms with Crippen molar-refractivity contribution in [2.24, 2.45) is 5.92 Å². The molecule has 0 spiro atoms. The van der Waals surface area contributed by atoms with Gasteiger partial charge in [0, 0.05) is 12.5 Å². The SMILES string of the molecule is COc1ccccc1N1CC(C2CCCNC2)OC1=O. The number of nitrogens with one attached hydrogen (secondary N) is 1. The number of nitrogens with zero attached hydrogens (tertiary/aromatic N) is 1. The minimum Gasteiger partial charge on any atom is -0.495 e. The average molecular weight is 276 g/mol. The maximum absolute atomic E-state index is 12.1.